The molecule has 5 rings (SSSR count). The van der Waals surface area contributed by atoms with E-state index in [1.807, 2.05) is 4.90 Å². The number of hydrogen-bond acceptors (Lipinski definition) is 10. The minimum absolute atomic E-state index is 0.0343. The normalized spacial score (nSPS) is 30.8. The van der Waals surface area contributed by atoms with Gasteiger partial charge >= 0.3 is 0 Å². The third kappa shape index (κ3) is 3.58. The van der Waals surface area contributed by atoms with Crippen molar-refractivity contribution >= 4 is 28.9 Å². The molecule has 0 radical (unpaired) electrons. The van der Waals surface area contributed by atoms with E-state index in [9.17, 15) is 34.5 Å². The molecular formula is C25H27FN4O7. The topological polar surface area (TPSA) is 196 Å². The van der Waals surface area contributed by atoms with E-state index in [2.05, 4.69) is 5.32 Å². The van der Waals surface area contributed by atoms with Gasteiger partial charge in [-0.2, -0.15) is 0 Å². The molecule has 37 heavy (non-hydrogen) atoms. The molecule has 1 saturated carbocycles. The number of fused-ring (bicyclic) bond motifs is 3. The summed E-state index contributed by atoms with van der Waals surface area (Å²) >= 11 is 0. The highest BCUT2D eigenvalue weighted by Crippen LogP contribution is 2.51. The van der Waals surface area contributed by atoms with Crippen LogP contribution in [0.15, 0.2) is 29.2 Å². The van der Waals surface area contributed by atoms with E-state index in [4.69, 9.17) is 11.5 Å². The first-order chi connectivity index (χ1) is 17.5. The number of aliphatic hydroxyl groups excluding tert-OH is 1. The van der Waals surface area contributed by atoms with Gasteiger partial charge in [0.2, 0.25) is 11.7 Å². The number of Topliss-reactive ketones (excluding diaryl/α,β-unsaturated/α-hetero) is 3. The largest absolute Gasteiger partial charge is 0.508 e. The van der Waals surface area contributed by atoms with Crippen LogP contribution in [0, 0.1) is 17.7 Å². The number of ketones is 3. The fraction of sp³-hybridized carbons (Fsp3) is 0.440. The van der Waals surface area contributed by atoms with Gasteiger partial charge in [0.05, 0.1) is 29.4 Å². The number of carbonyl (C=O) groups is 4. The Bertz CT molecular complexity index is 1320. The molecule has 0 spiro atoms. The Labute approximate surface area is 210 Å². The number of carbonyl (C=O) groups excluding carboxylic acids is 4. The number of allylic oxidation sites excluding steroid dienone is 1. The number of likely N-dealkylation sites (tertiary alicyclic amines) is 1. The third-order valence-corrected chi connectivity index (χ3v) is 7.97. The Morgan fingerprint density at radius 2 is 1.92 bits per heavy atom. The molecule has 1 aromatic rings. The quantitative estimate of drug-likeness (QED) is 0.179. The van der Waals surface area contributed by atoms with E-state index in [1.165, 1.54) is 0 Å². The molecule has 0 bridgehead atoms. The SMILES string of the molecule is N/C=C1/C(=O)[C@@H](N)[C@@H]2C[C@@H]3Cc4c(F)cc(NC(=O)CN5CCCC5)c(O)c4C(=O)C3=C(O)[C@]2(O)C1=O. The summed E-state index contributed by atoms with van der Waals surface area (Å²) in [5.74, 6) is -8.20. The van der Waals surface area contributed by atoms with Crippen molar-refractivity contribution in [2.24, 2.45) is 23.3 Å². The Kier molecular flexibility index (Phi) is 5.93. The van der Waals surface area contributed by atoms with E-state index in [1.54, 1.807) is 0 Å². The van der Waals surface area contributed by atoms with Crippen molar-refractivity contribution in [1.82, 2.24) is 4.90 Å². The fourth-order valence-electron chi connectivity index (χ4n) is 6.10. The zero-order valence-corrected chi connectivity index (χ0v) is 19.8. The molecule has 1 aromatic carbocycles. The number of amides is 1. The number of anilines is 1. The van der Waals surface area contributed by atoms with Gasteiger partial charge in [-0.3, -0.25) is 24.1 Å². The van der Waals surface area contributed by atoms with Crippen LogP contribution in [0.2, 0.25) is 0 Å². The number of nitrogens with one attached hydrogen (secondary N) is 1. The first-order valence-corrected chi connectivity index (χ1v) is 12.0. The van der Waals surface area contributed by atoms with Gasteiger partial charge in [0.25, 0.3) is 0 Å². The monoisotopic (exact) mass is 514 g/mol. The first-order valence-electron chi connectivity index (χ1n) is 12.0. The van der Waals surface area contributed by atoms with Crippen molar-refractivity contribution in [3.05, 3.63) is 46.1 Å². The average Bonchev–Trinajstić information content (AvgIpc) is 3.36. The van der Waals surface area contributed by atoms with Gasteiger partial charge in [0, 0.05) is 29.3 Å². The summed E-state index contributed by atoms with van der Waals surface area (Å²) in [7, 11) is 0. The molecule has 2 fully saturated rings. The number of benzene rings is 1. The molecule has 8 N–H and O–H groups in total. The predicted molar refractivity (Wildman–Crippen MR) is 127 cm³/mol. The van der Waals surface area contributed by atoms with Gasteiger partial charge in [-0.25, -0.2) is 4.39 Å². The molecule has 196 valence electrons. The summed E-state index contributed by atoms with van der Waals surface area (Å²) in [5, 5.41) is 35.7. The molecule has 1 aliphatic heterocycles. The molecule has 4 aliphatic rings. The summed E-state index contributed by atoms with van der Waals surface area (Å²) in [6.07, 6.45) is 2.25. The second-order valence-corrected chi connectivity index (χ2v) is 10.0. The molecule has 4 atom stereocenters. The van der Waals surface area contributed by atoms with Crippen LogP contribution >= 0.6 is 0 Å². The van der Waals surface area contributed by atoms with Crippen LogP contribution in [0.4, 0.5) is 10.1 Å². The van der Waals surface area contributed by atoms with E-state index in [0.717, 1.165) is 32.0 Å². The Morgan fingerprint density at radius 3 is 2.57 bits per heavy atom. The van der Waals surface area contributed by atoms with Gasteiger partial charge in [0.15, 0.2) is 22.9 Å². The van der Waals surface area contributed by atoms with E-state index in [0.29, 0.717) is 6.20 Å². The van der Waals surface area contributed by atoms with Crippen LogP contribution in [0.1, 0.15) is 35.2 Å². The maximum Gasteiger partial charge on any atom is 0.238 e. The van der Waals surface area contributed by atoms with Crippen LogP contribution < -0.4 is 16.8 Å². The van der Waals surface area contributed by atoms with E-state index in [-0.39, 0.29) is 36.2 Å². The summed E-state index contributed by atoms with van der Waals surface area (Å²) in [4.78, 5) is 53.4. The number of phenolic OH excluding ortho intramolecular Hbond substituents is 1. The molecule has 11 nitrogen and oxygen atoms in total. The Hall–Kier alpha value is -3.61. The van der Waals surface area contributed by atoms with Crippen LogP contribution in [-0.4, -0.2) is 74.8 Å². The number of aromatic hydroxyl groups is 1. The molecular weight excluding hydrogens is 487 g/mol. The predicted octanol–water partition coefficient (Wildman–Crippen LogP) is -0.195. The summed E-state index contributed by atoms with van der Waals surface area (Å²) in [6, 6.07) is -0.474. The number of halogens is 1. The maximum atomic E-state index is 15.2. The lowest BCUT2D eigenvalue weighted by molar-refractivity contribution is -0.149. The van der Waals surface area contributed by atoms with Gasteiger partial charge in [-0.15, -0.1) is 0 Å². The number of hydrogen-bond donors (Lipinski definition) is 6. The number of aliphatic hydroxyl groups is 2. The number of nitrogens with two attached hydrogens (primary N) is 2. The molecule has 1 heterocycles. The molecule has 3 aliphatic carbocycles. The Morgan fingerprint density at radius 1 is 1.24 bits per heavy atom. The van der Waals surface area contributed by atoms with Gasteiger partial charge in [-0.1, -0.05) is 0 Å². The second kappa shape index (κ2) is 8.75. The minimum Gasteiger partial charge on any atom is -0.508 e. The molecule has 0 unspecified atom stereocenters. The lowest BCUT2D eigenvalue weighted by Crippen LogP contribution is -2.65. The lowest BCUT2D eigenvalue weighted by Gasteiger charge is -2.47. The highest BCUT2D eigenvalue weighted by molar-refractivity contribution is 6.28. The van der Waals surface area contributed by atoms with Crippen molar-refractivity contribution in [2.75, 3.05) is 25.0 Å². The van der Waals surface area contributed by atoms with Gasteiger partial charge in [0.1, 0.15) is 11.6 Å². The maximum absolute atomic E-state index is 15.2. The Balaban J connectivity index is 1.55. The molecule has 12 heteroatoms. The number of nitrogens with zero attached hydrogens (tertiary/aromatic N) is 1. The van der Waals surface area contributed by atoms with Crippen molar-refractivity contribution in [3.8, 4) is 5.75 Å². The number of phenols is 1. The second-order valence-electron chi connectivity index (χ2n) is 10.0. The van der Waals surface area contributed by atoms with Crippen molar-refractivity contribution in [1.29, 1.82) is 0 Å². The average molecular weight is 515 g/mol. The molecule has 1 saturated heterocycles. The van der Waals surface area contributed by atoms with Gasteiger partial charge < -0.3 is 32.1 Å². The highest BCUT2D eigenvalue weighted by atomic mass is 19.1. The smallest absolute Gasteiger partial charge is 0.238 e. The third-order valence-electron chi connectivity index (χ3n) is 7.97. The summed E-state index contributed by atoms with van der Waals surface area (Å²) < 4.78 is 15.2. The zero-order chi connectivity index (χ0) is 26.8. The minimum atomic E-state index is -2.69. The van der Waals surface area contributed by atoms with Crippen molar-refractivity contribution in [2.45, 2.75) is 37.3 Å². The van der Waals surface area contributed by atoms with Crippen molar-refractivity contribution < 1.29 is 38.9 Å². The van der Waals surface area contributed by atoms with E-state index < -0.39 is 75.2 Å². The molecule has 1 amide bonds. The van der Waals surface area contributed by atoms with Crippen LogP contribution in [0.3, 0.4) is 0 Å². The van der Waals surface area contributed by atoms with Crippen LogP contribution in [-0.2, 0) is 20.8 Å². The summed E-state index contributed by atoms with van der Waals surface area (Å²) in [6.45, 7) is 1.51. The van der Waals surface area contributed by atoms with Crippen LogP contribution in [0.5, 0.6) is 5.75 Å². The standard InChI is InChI=1S/C25H27FN4O7/c26-14-7-15(29-16(31)9-30-3-1-2-4-30)21(33)18-11(14)5-10-6-13-19(28)20(32)12(8-27)23(35)25(13,37)24(36)17(10)22(18)34/h7-8,10,13,19,33,36-37H,1-6,9,27-28H2,(H,29,31)/b12-8-/t10-,13-,19-,25+/m0/s1. The fourth-order valence-corrected chi connectivity index (χ4v) is 6.10. The first kappa shape index (κ1) is 25.1. The summed E-state index contributed by atoms with van der Waals surface area (Å²) in [5.41, 5.74) is 6.80. The zero-order valence-electron chi connectivity index (χ0n) is 19.8. The van der Waals surface area contributed by atoms with E-state index >= 15 is 4.39 Å². The number of rotatable bonds is 3. The highest BCUT2D eigenvalue weighted by Gasteiger charge is 2.62. The lowest BCUT2D eigenvalue weighted by atomic mass is 9.58. The molecule has 0 aromatic heterocycles. The van der Waals surface area contributed by atoms with Gasteiger partial charge in [-0.05, 0) is 44.7 Å². The van der Waals surface area contributed by atoms with Crippen molar-refractivity contribution in [3.63, 3.8) is 0 Å². The van der Waals surface area contributed by atoms with Crippen LogP contribution in [0.25, 0.3) is 0 Å².